The van der Waals surface area contributed by atoms with Crippen LogP contribution in [0.2, 0.25) is 0 Å². The number of benzene rings is 1. The molecule has 1 N–H and O–H groups in total. The van der Waals surface area contributed by atoms with Crippen LogP contribution in [0.25, 0.3) is 0 Å². The molecule has 0 amide bonds. The van der Waals surface area contributed by atoms with Crippen molar-refractivity contribution in [1.29, 1.82) is 0 Å². The van der Waals surface area contributed by atoms with Gasteiger partial charge in [-0.25, -0.2) is 4.79 Å². The average Bonchev–Trinajstić information content (AvgIpc) is 2.36. The van der Waals surface area contributed by atoms with Crippen molar-refractivity contribution in [3.05, 3.63) is 29.3 Å². The van der Waals surface area contributed by atoms with Gasteiger partial charge in [-0.3, -0.25) is 4.79 Å². The van der Waals surface area contributed by atoms with E-state index in [2.05, 4.69) is 0 Å². The highest BCUT2D eigenvalue weighted by molar-refractivity contribution is 8.00. The fraction of sp³-hybridized carbons (Fsp3) is 0.385. The van der Waals surface area contributed by atoms with Gasteiger partial charge in [0.25, 0.3) is 0 Å². The first kappa shape index (κ1) is 14.7. The van der Waals surface area contributed by atoms with Gasteiger partial charge in [0.05, 0.1) is 24.5 Å². The first-order valence-electron chi connectivity index (χ1n) is 5.61. The van der Waals surface area contributed by atoms with E-state index in [0.29, 0.717) is 23.5 Å². The van der Waals surface area contributed by atoms with E-state index in [-0.39, 0.29) is 12.4 Å². The molecule has 0 aliphatic heterocycles. The lowest BCUT2D eigenvalue weighted by atomic mass is 10.1. The largest absolute Gasteiger partial charge is 0.462 e. The Balaban J connectivity index is 2.93. The van der Waals surface area contributed by atoms with Crippen LogP contribution in [-0.2, 0) is 16.1 Å². The highest BCUT2D eigenvalue weighted by Crippen LogP contribution is 2.24. The number of ether oxygens (including phenoxy) is 1. The van der Waals surface area contributed by atoms with E-state index < -0.39 is 5.97 Å². The first-order chi connectivity index (χ1) is 8.58. The van der Waals surface area contributed by atoms with Crippen LogP contribution in [-0.4, -0.2) is 29.2 Å². The van der Waals surface area contributed by atoms with Crippen molar-refractivity contribution in [1.82, 2.24) is 0 Å². The van der Waals surface area contributed by atoms with Gasteiger partial charge < -0.3 is 9.84 Å². The Morgan fingerprint density at radius 3 is 2.67 bits per heavy atom. The molecule has 5 heteroatoms. The van der Waals surface area contributed by atoms with Crippen molar-refractivity contribution < 1.29 is 19.4 Å². The number of aliphatic hydroxyl groups excluding tert-OH is 1. The molecule has 4 nitrogen and oxygen atoms in total. The third-order valence-electron chi connectivity index (χ3n) is 2.18. The summed E-state index contributed by atoms with van der Waals surface area (Å²) in [6, 6.07) is 4.94. The molecule has 18 heavy (non-hydrogen) atoms. The van der Waals surface area contributed by atoms with Gasteiger partial charge >= 0.3 is 5.97 Å². The van der Waals surface area contributed by atoms with E-state index in [9.17, 15) is 14.7 Å². The third kappa shape index (κ3) is 4.16. The third-order valence-corrected chi connectivity index (χ3v) is 3.42. The Labute approximate surface area is 110 Å². The molecule has 0 aromatic heterocycles. The fourth-order valence-electron chi connectivity index (χ4n) is 1.34. The fourth-order valence-corrected chi connectivity index (χ4v) is 2.23. The number of carbonyl (C=O) groups is 2. The zero-order valence-corrected chi connectivity index (χ0v) is 11.3. The van der Waals surface area contributed by atoms with Crippen LogP contribution in [0.4, 0.5) is 0 Å². The van der Waals surface area contributed by atoms with Gasteiger partial charge in [0.2, 0.25) is 0 Å². The Kier molecular flexibility index (Phi) is 5.88. The number of hydrogen-bond acceptors (Lipinski definition) is 5. The normalized spacial score (nSPS) is 10.2. The summed E-state index contributed by atoms with van der Waals surface area (Å²) >= 11 is 1.31. The molecule has 0 spiro atoms. The van der Waals surface area contributed by atoms with Gasteiger partial charge in [0, 0.05) is 4.90 Å². The lowest BCUT2D eigenvalue weighted by Gasteiger charge is -2.08. The zero-order valence-electron chi connectivity index (χ0n) is 10.4. The molecule has 0 aliphatic carbocycles. The summed E-state index contributed by atoms with van der Waals surface area (Å²) in [4.78, 5) is 23.3. The van der Waals surface area contributed by atoms with Crippen LogP contribution in [0.15, 0.2) is 23.1 Å². The van der Waals surface area contributed by atoms with Crippen molar-refractivity contribution in [2.45, 2.75) is 25.3 Å². The predicted molar refractivity (Wildman–Crippen MR) is 69.7 cm³/mol. The van der Waals surface area contributed by atoms with Crippen LogP contribution >= 0.6 is 11.8 Å². The smallest absolute Gasteiger partial charge is 0.338 e. The summed E-state index contributed by atoms with van der Waals surface area (Å²) in [5.41, 5.74) is 1.13. The SMILES string of the molecule is CCOC(=O)c1ccc(CO)c(SCC(C)=O)c1. The summed E-state index contributed by atoms with van der Waals surface area (Å²) in [5, 5.41) is 9.20. The van der Waals surface area contributed by atoms with Crippen LogP contribution in [0.3, 0.4) is 0 Å². The molecule has 0 fully saturated rings. The second kappa shape index (κ2) is 7.18. The number of aliphatic hydroxyl groups is 1. The molecule has 0 radical (unpaired) electrons. The maximum atomic E-state index is 11.6. The van der Waals surface area contributed by atoms with Gasteiger partial charge in [-0.05, 0) is 31.5 Å². The number of Topliss-reactive ketones (excluding diaryl/α,β-unsaturated/α-hetero) is 1. The highest BCUT2D eigenvalue weighted by atomic mass is 32.2. The van der Waals surface area contributed by atoms with Crippen LogP contribution in [0.5, 0.6) is 0 Å². The molecular weight excluding hydrogens is 252 g/mol. The van der Waals surface area contributed by atoms with Crippen molar-refractivity contribution in [3.8, 4) is 0 Å². The quantitative estimate of drug-likeness (QED) is 0.632. The minimum atomic E-state index is -0.397. The Hall–Kier alpha value is -1.33. The average molecular weight is 268 g/mol. The monoisotopic (exact) mass is 268 g/mol. The summed E-state index contributed by atoms with van der Waals surface area (Å²) in [7, 11) is 0. The number of esters is 1. The van der Waals surface area contributed by atoms with E-state index in [4.69, 9.17) is 4.74 Å². The molecule has 0 heterocycles. The topological polar surface area (TPSA) is 63.6 Å². The van der Waals surface area contributed by atoms with Gasteiger partial charge in [-0.2, -0.15) is 0 Å². The maximum absolute atomic E-state index is 11.6. The molecule has 0 aliphatic rings. The van der Waals surface area contributed by atoms with Crippen molar-refractivity contribution in [2.75, 3.05) is 12.4 Å². The van der Waals surface area contributed by atoms with Gasteiger partial charge in [0.1, 0.15) is 5.78 Å². The van der Waals surface area contributed by atoms with E-state index >= 15 is 0 Å². The minimum absolute atomic E-state index is 0.0467. The maximum Gasteiger partial charge on any atom is 0.338 e. The lowest BCUT2D eigenvalue weighted by Crippen LogP contribution is -2.05. The first-order valence-corrected chi connectivity index (χ1v) is 6.60. The number of carbonyl (C=O) groups excluding carboxylic acids is 2. The van der Waals surface area contributed by atoms with Crippen LogP contribution in [0, 0.1) is 0 Å². The van der Waals surface area contributed by atoms with E-state index in [1.807, 2.05) is 0 Å². The molecule has 0 bridgehead atoms. The molecule has 98 valence electrons. The number of hydrogen-bond donors (Lipinski definition) is 1. The molecular formula is C13H16O4S. The van der Waals surface area contributed by atoms with Crippen molar-refractivity contribution >= 4 is 23.5 Å². The Morgan fingerprint density at radius 2 is 2.11 bits per heavy atom. The van der Waals surface area contributed by atoms with Crippen molar-refractivity contribution in [3.63, 3.8) is 0 Å². The summed E-state index contributed by atoms with van der Waals surface area (Å²) < 4.78 is 4.90. The molecule has 0 saturated heterocycles. The molecule has 0 saturated carbocycles. The second-order valence-corrected chi connectivity index (χ2v) is 4.71. The molecule has 1 aromatic rings. The molecule has 0 atom stereocenters. The summed E-state index contributed by atoms with van der Waals surface area (Å²) in [6.45, 7) is 3.44. The van der Waals surface area contributed by atoms with E-state index in [0.717, 1.165) is 4.90 Å². The number of ketones is 1. The van der Waals surface area contributed by atoms with E-state index in [1.54, 1.807) is 25.1 Å². The second-order valence-electron chi connectivity index (χ2n) is 3.69. The van der Waals surface area contributed by atoms with Crippen LogP contribution in [0.1, 0.15) is 29.8 Å². The number of thioether (sulfide) groups is 1. The number of rotatable bonds is 6. The molecule has 1 aromatic carbocycles. The predicted octanol–water partition coefficient (Wildman–Crippen LogP) is 2.04. The standard InChI is InChI=1S/C13H16O4S/c1-3-17-13(16)10-4-5-11(7-14)12(6-10)18-8-9(2)15/h4-6,14H,3,7-8H2,1-2H3. The zero-order chi connectivity index (χ0) is 13.5. The lowest BCUT2D eigenvalue weighted by molar-refractivity contribution is -0.114. The molecule has 0 unspecified atom stereocenters. The minimum Gasteiger partial charge on any atom is -0.462 e. The Morgan fingerprint density at radius 1 is 1.39 bits per heavy atom. The van der Waals surface area contributed by atoms with Gasteiger partial charge in [0.15, 0.2) is 0 Å². The summed E-state index contributed by atoms with van der Waals surface area (Å²) in [5.74, 6) is -0.0312. The van der Waals surface area contributed by atoms with Gasteiger partial charge in [-0.15, -0.1) is 11.8 Å². The van der Waals surface area contributed by atoms with E-state index in [1.165, 1.54) is 18.7 Å². The molecule has 1 rings (SSSR count). The van der Waals surface area contributed by atoms with Gasteiger partial charge in [-0.1, -0.05) is 6.07 Å². The summed E-state index contributed by atoms with van der Waals surface area (Å²) in [6.07, 6.45) is 0. The van der Waals surface area contributed by atoms with Crippen LogP contribution < -0.4 is 0 Å². The Bertz CT molecular complexity index is 443. The highest BCUT2D eigenvalue weighted by Gasteiger charge is 2.11. The van der Waals surface area contributed by atoms with Crippen molar-refractivity contribution in [2.24, 2.45) is 0 Å².